The van der Waals surface area contributed by atoms with Crippen molar-refractivity contribution in [1.82, 2.24) is 19.5 Å². The molecule has 0 radical (unpaired) electrons. The van der Waals surface area contributed by atoms with Crippen molar-refractivity contribution in [3.05, 3.63) is 68.4 Å². The van der Waals surface area contributed by atoms with E-state index >= 15 is 0 Å². The van der Waals surface area contributed by atoms with Gasteiger partial charge in [0.15, 0.2) is 5.65 Å². The van der Waals surface area contributed by atoms with Crippen LogP contribution in [0.4, 0.5) is 5.82 Å². The number of likely N-dealkylation sites (tertiary alicyclic amines) is 1. The lowest BCUT2D eigenvalue weighted by atomic mass is 9.96. The molecule has 4 heterocycles. The number of hydrogen-bond donors (Lipinski definition) is 1. The van der Waals surface area contributed by atoms with Crippen LogP contribution in [0.3, 0.4) is 0 Å². The van der Waals surface area contributed by atoms with Crippen LogP contribution in [0.1, 0.15) is 17.7 Å². The Kier molecular flexibility index (Phi) is 6.66. The maximum atomic E-state index is 12.6. The topological polar surface area (TPSA) is 62.5 Å². The van der Waals surface area contributed by atoms with Crippen LogP contribution >= 0.6 is 38.9 Å². The minimum absolute atomic E-state index is 0.227. The quantitative estimate of drug-likeness (QED) is 0.335. The standard InChI is InChI=1S/C24H23BrClN5OS/c25-19-15-28-31-22(13-21(29-24(19)31)18-5-1-2-6-20(18)26)27-14-16-7-9-30(10-8-16)23(32)12-17-4-3-11-33-17/h1-6,11,13,15-16,27H,7-10,12,14H2. The van der Waals surface area contributed by atoms with Crippen molar-refractivity contribution in [2.75, 3.05) is 25.0 Å². The molecule has 1 N–H and O–H groups in total. The number of aromatic nitrogens is 3. The number of amides is 1. The summed E-state index contributed by atoms with van der Waals surface area (Å²) in [6.45, 7) is 2.42. The molecular formula is C24H23BrClN5OS. The Labute approximate surface area is 209 Å². The van der Waals surface area contributed by atoms with E-state index in [0.717, 1.165) is 64.5 Å². The van der Waals surface area contributed by atoms with Gasteiger partial charge in [-0.2, -0.15) is 9.61 Å². The highest BCUT2D eigenvalue weighted by Gasteiger charge is 2.23. The number of thiophene rings is 1. The highest BCUT2D eigenvalue weighted by Crippen LogP contribution is 2.30. The van der Waals surface area contributed by atoms with Crippen LogP contribution in [-0.2, 0) is 11.2 Å². The number of fused-ring (bicyclic) bond motifs is 1. The SMILES string of the molecule is O=C(Cc1cccs1)N1CCC(CNc2cc(-c3ccccc3Cl)nc3c(Br)cnn23)CC1. The molecule has 3 aromatic heterocycles. The Balaban J connectivity index is 1.26. The fourth-order valence-corrected chi connectivity index (χ4v) is 5.45. The Hall–Kier alpha value is -2.42. The molecule has 1 amide bonds. The van der Waals surface area contributed by atoms with Gasteiger partial charge >= 0.3 is 0 Å². The summed E-state index contributed by atoms with van der Waals surface area (Å²) < 4.78 is 2.64. The smallest absolute Gasteiger partial charge is 0.227 e. The predicted molar refractivity (Wildman–Crippen MR) is 137 cm³/mol. The monoisotopic (exact) mass is 543 g/mol. The molecule has 1 fully saturated rings. The van der Waals surface area contributed by atoms with E-state index < -0.39 is 0 Å². The second-order valence-corrected chi connectivity index (χ2v) is 10.5. The van der Waals surface area contributed by atoms with Crippen molar-refractivity contribution in [2.24, 2.45) is 5.92 Å². The Morgan fingerprint density at radius 3 is 2.79 bits per heavy atom. The second-order valence-electron chi connectivity index (χ2n) is 8.20. The molecule has 1 aliphatic heterocycles. The normalized spacial score (nSPS) is 14.7. The van der Waals surface area contributed by atoms with Gasteiger partial charge in [0.25, 0.3) is 0 Å². The summed E-state index contributed by atoms with van der Waals surface area (Å²) in [5, 5.41) is 10.7. The number of nitrogens with zero attached hydrogens (tertiary/aromatic N) is 4. The molecule has 5 rings (SSSR count). The van der Waals surface area contributed by atoms with Crippen LogP contribution in [0.2, 0.25) is 5.02 Å². The van der Waals surface area contributed by atoms with Gasteiger partial charge in [0.1, 0.15) is 5.82 Å². The summed E-state index contributed by atoms with van der Waals surface area (Å²) in [6, 6.07) is 13.7. The predicted octanol–water partition coefficient (Wildman–Crippen LogP) is 5.77. The van der Waals surface area contributed by atoms with Crippen LogP contribution in [0.15, 0.2) is 58.5 Å². The van der Waals surface area contributed by atoms with Crippen molar-refractivity contribution in [3.8, 4) is 11.3 Å². The van der Waals surface area contributed by atoms with Gasteiger partial charge in [0, 0.05) is 41.2 Å². The van der Waals surface area contributed by atoms with E-state index in [9.17, 15) is 4.79 Å². The van der Waals surface area contributed by atoms with Crippen LogP contribution in [0, 0.1) is 5.92 Å². The minimum Gasteiger partial charge on any atom is -0.370 e. The summed E-state index contributed by atoms with van der Waals surface area (Å²) in [5.41, 5.74) is 2.42. The summed E-state index contributed by atoms with van der Waals surface area (Å²) in [4.78, 5) is 20.5. The van der Waals surface area contributed by atoms with E-state index in [0.29, 0.717) is 17.4 Å². The number of carbonyl (C=O) groups excluding carboxylic acids is 1. The van der Waals surface area contributed by atoms with Gasteiger partial charge in [-0.15, -0.1) is 11.3 Å². The molecule has 0 saturated carbocycles. The number of halogens is 2. The molecule has 0 spiro atoms. The minimum atomic E-state index is 0.227. The lowest BCUT2D eigenvalue weighted by Gasteiger charge is -2.32. The Bertz CT molecular complexity index is 1270. The first kappa shape index (κ1) is 22.4. The highest BCUT2D eigenvalue weighted by atomic mass is 79.9. The molecule has 6 nitrogen and oxygen atoms in total. The molecular weight excluding hydrogens is 522 g/mol. The van der Waals surface area contributed by atoms with Crippen molar-refractivity contribution >= 4 is 56.2 Å². The third-order valence-electron chi connectivity index (χ3n) is 6.02. The van der Waals surface area contributed by atoms with E-state index in [4.69, 9.17) is 16.6 Å². The van der Waals surface area contributed by atoms with E-state index in [1.807, 2.05) is 57.3 Å². The number of nitrogens with one attached hydrogen (secondary N) is 1. The molecule has 170 valence electrons. The molecule has 4 aromatic rings. The fraction of sp³-hybridized carbons (Fsp3) is 0.292. The lowest BCUT2D eigenvalue weighted by Crippen LogP contribution is -2.40. The molecule has 0 unspecified atom stereocenters. The Morgan fingerprint density at radius 1 is 1.21 bits per heavy atom. The van der Waals surface area contributed by atoms with Gasteiger partial charge in [-0.1, -0.05) is 35.9 Å². The highest BCUT2D eigenvalue weighted by molar-refractivity contribution is 9.10. The molecule has 0 bridgehead atoms. The summed E-state index contributed by atoms with van der Waals surface area (Å²) in [7, 11) is 0. The Morgan fingerprint density at radius 2 is 2.03 bits per heavy atom. The van der Waals surface area contributed by atoms with Crippen LogP contribution in [-0.4, -0.2) is 45.0 Å². The maximum Gasteiger partial charge on any atom is 0.227 e. The summed E-state index contributed by atoms with van der Waals surface area (Å²) in [5.74, 6) is 1.59. The zero-order valence-electron chi connectivity index (χ0n) is 17.9. The average molecular weight is 545 g/mol. The van der Waals surface area contributed by atoms with Crippen LogP contribution in [0.25, 0.3) is 16.9 Å². The van der Waals surface area contributed by atoms with Crippen LogP contribution in [0.5, 0.6) is 0 Å². The van der Waals surface area contributed by atoms with E-state index in [-0.39, 0.29) is 5.91 Å². The molecule has 0 atom stereocenters. The molecule has 33 heavy (non-hydrogen) atoms. The molecule has 1 aromatic carbocycles. The third-order valence-corrected chi connectivity index (χ3v) is 7.79. The maximum absolute atomic E-state index is 12.6. The molecule has 9 heteroatoms. The number of anilines is 1. The number of rotatable bonds is 6. The molecule has 1 saturated heterocycles. The van der Waals surface area contributed by atoms with Gasteiger partial charge in [0.05, 0.1) is 22.8 Å². The van der Waals surface area contributed by atoms with Gasteiger partial charge in [-0.3, -0.25) is 4.79 Å². The first-order valence-electron chi connectivity index (χ1n) is 10.9. The summed E-state index contributed by atoms with van der Waals surface area (Å²) in [6.07, 6.45) is 4.23. The van der Waals surface area contributed by atoms with Crippen molar-refractivity contribution in [3.63, 3.8) is 0 Å². The van der Waals surface area contributed by atoms with Gasteiger partial charge in [-0.05, 0) is 52.2 Å². The number of hydrogen-bond acceptors (Lipinski definition) is 5. The van der Waals surface area contributed by atoms with Gasteiger partial charge < -0.3 is 10.2 Å². The van der Waals surface area contributed by atoms with Crippen molar-refractivity contribution in [1.29, 1.82) is 0 Å². The van der Waals surface area contributed by atoms with Crippen LogP contribution < -0.4 is 5.32 Å². The summed E-state index contributed by atoms with van der Waals surface area (Å²) >= 11 is 11.6. The number of benzene rings is 1. The fourth-order valence-electron chi connectivity index (χ4n) is 4.18. The van der Waals surface area contributed by atoms with Crippen molar-refractivity contribution in [2.45, 2.75) is 19.3 Å². The first-order valence-corrected chi connectivity index (χ1v) is 13.0. The molecule has 0 aliphatic carbocycles. The third kappa shape index (κ3) is 4.93. The van der Waals surface area contributed by atoms with Crippen molar-refractivity contribution < 1.29 is 4.79 Å². The lowest BCUT2D eigenvalue weighted by molar-refractivity contribution is -0.131. The van der Waals surface area contributed by atoms with E-state index in [2.05, 4.69) is 26.3 Å². The second kappa shape index (κ2) is 9.83. The van der Waals surface area contributed by atoms with E-state index in [1.54, 1.807) is 17.5 Å². The van der Waals surface area contributed by atoms with E-state index in [1.165, 1.54) is 0 Å². The number of piperidine rings is 1. The zero-order chi connectivity index (χ0) is 22.8. The zero-order valence-corrected chi connectivity index (χ0v) is 21.0. The first-order chi connectivity index (χ1) is 16.1. The van der Waals surface area contributed by atoms with Gasteiger partial charge in [-0.25, -0.2) is 4.98 Å². The molecule has 1 aliphatic rings. The van der Waals surface area contributed by atoms with Gasteiger partial charge in [0.2, 0.25) is 5.91 Å². The average Bonchev–Trinajstić information content (AvgIpc) is 3.48. The number of carbonyl (C=O) groups is 1. The largest absolute Gasteiger partial charge is 0.370 e.